The number of carbonyl (C=O) groups is 1. The molecule has 1 saturated carbocycles. The van der Waals surface area contributed by atoms with Gasteiger partial charge in [-0.25, -0.2) is 0 Å². The quantitative estimate of drug-likeness (QED) is 0.904. The van der Waals surface area contributed by atoms with Gasteiger partial charge < -0.3 is 5.32 Å². The summed E-state index contributed by atoms with van der Waals surface area (Å²) in [5, 5.41) is 3.05. The maximum absolute atomic E-state index is 12.0. The van der Waals surface area contributed by atoms with Crippen molar-refractivity contribution in [3.8, 4) is 0 Å². The molecule has 0 heterocycles. The fourth-order valence-corrected chi connectivity index (χ4v) is 2.83. The van der Waals surface area contributed by atoms with Gasteiger partial charge in [-0.3, -0.25) is 4.79 Å². The molecule has 17 heavy (non-hydrogen) atoms. The van der Waals surface area contributed by atoms with Crippen molar-refractivity contribution in [3.63, 3.8) is 0 Å². The second-order valence-electron chi connectivity index (χ2n) is 5.21. The molecule has 1 amide bonds. The van der Waals surface area contributed by atoms with E-state index in [0.29, 0.717) is 5.41 Å². The second-order valence-corrected chi connectivity index (χ2v) is 6.13. The normalized spacial score (nSPS) is 18.0. The second kappa shape index (κ2) is 5.21. The fourth-order valence-electron chi connectivity index (χ4n) is 2.43. The van der Waals surface area contributed by atoms with Crippen LogP contribution in [0.15, 0.2) is 28.7 Å². The van der Waals surface area contributed by atoms with Crippen molar-refractivity contribution in [2.75, 3.05) is 6.54 Å². The lowest BCUT2D eigenvalue weighted by Gasteiger charge is -2.23. The highest BCUT2D eigenvalue weighted by molar-refractivity contribution is 9.10. The van der Waals surface area contributed by atoms with Gasteiger partial charge >= 0.3 is 0 Å². The summed E-state index contributed by atoms with van der Waals surface area (Å²) in [6, 6.07) is 7.51. The van der Waals surface area contributed by atoms with Crippen molar-refractivity contribution in [1.29, 1.82) is 0 Å². The number of nitrogens with one attached hydrogen (secondary N) is 1. The third-order valence-electron chi connectivity index (χ3n) is 3.57. The van der Waals surface area contributed by atoms with Crippen molar-refractivity contribution < 1.29 is 4.79 Å². The highest BCUT2D eigenvalue weighted by Gasteiger charge is 2.28. The first-order valence-electron chi connectivity index (χ1n) is 6.13. The molecule has 2 nitrogen and oxygen atoms in total. The van der Waals surface area contributed by atoms with Gasteiger partial charge in [0.2, 0.25) is 0 Å². The Morgan fingerprint density at radius 2 is 2.12 bits per heavy atom. The number of hydrogen-bond donors (Lipinski definition) is 1. The SMILES string of the molecule is CC1(CNC(=O)c2cccc(Br)c2)CCCC1. The molecule has 0 atom stereocenters. The van der Waals surface area contributed by atoms with Gasteiger partial charge in [0.25, 0.3) is 5.91 Å². The molecular weight excluding hydrogens is 278 g/mol. The standard InChI is InChI=1S/C14H18BrNO/c1-14(7-2-3-8-14)10-16-13(17)11-5-4-6-12(15)9-11/h4-6,9H,2-3,7-8,10H2,1H3,(H,16,17). The molecule has 0 aliphatic heterocycles. The monoisotopic (exact) mass is 295 g/mol. The van der Waals surface area contributed by atoms with Crippen molar-refractivity contribution in [3.05, 3.63) is 34.3 Å². The van der Waals surface area contributed by atoms with Gasteiger partial charge in [0.1, 0.15) is 0 Å². The Balaban J connectivity index is 1.93. The van der Waals surface area contributed by atoms with Gasteiger partial charge in [-0.15, -0.1) is 0 Å². The van der Waals surface area contributed by atoms with Crippen LogP contribution >= 0.6 is 15.9 Å². The lowest BCUT2D eigenvalue weighted by Crippen LogP contribution is -2.34. The van der Waals surface area contributed by atoms with Crippen LogP contribution < -0.4 is 5.32 Å². The van der Waals surface area contributed by atoms with E-state index in [4.69, 9.17) is 0 Å². The van der Waals surface area contributed by atoms with Crippen LogP contribution in [0.5, 0.6) is 0 Å². The van der Waals surface area contributed by atoms with Gasteiger partial charge in [0, 0.05) is 16.6 Å². The number of hydrogen-bond acceptors (Lipinski definition) is 1. The Morgan fingerprint density at radius 1 is 1.41 bits per heavy atom. The largest absolute Gasteiger partial charge is 0.351 e. The summed E-state index contributed by atoms with van der Waals surface area (Å²) >= 11 is 3.38. The van der Waals surface area contributed by atoms with E-state index in [9.17, 15) is 4.79 Å². The van der Waals surface area contributed by atoms with Gasteiger partial charge in [0.05, 0.1) is 0 Å². The Hall–Kier alpha value is -0.830. The highest BCUT2D eigenvalue weighted by atomic mass is 79.9. The van der Waals surface area contributed by atoms with Crippen LogP contribution in [-0.2, 0) is 0 Å². The van der Waals surface area contributed by atoms with Gasteiger partial charge in [-0.2, -0.15) is 0 Å². The zero-order valence-electron chi connectivity index (χ0n) is 10.1. The van der Waals surface area contributed by atoms with E-state index in [1.165, 1.54) is 25.7 Å². The lowest BCUT2D eigenvalue weighted by molar-refractivity contribution is 0.0934. The number of halogens is 1. The maximum Gasteiger partial charge on any atom is 0.251 e. The minimum Gasteiger partial charge on any atom is -0.351 e. The predicted octanol–water partition coefficient (Wildman–Crippen LogP) is 3.76. The van der Waals surface area contributed by atoms with Gasteiger partial charge in [-0.1, -0.05) is 41.8 Å². The van der Waals surface area contributed by atoms with E-state index in [1.807, 2.05) is 24.3 Å². The smallest absolute Gasteiger partial charge is 0.251 e. The van der Waals surface area contributed by atoms with E-state index in [-0.39, 0.29) is 5.91 Å². The van der Waals surface area contributed by atoms with E-state index < -0.39 is 0 Å². The molecule has 1 N–H and O–H groups in total. The Morgan fingerprint density at radius 3 is 2.76 bits per heavy atom. The number of carbonyl (C=O) groups excluding carboxylic acids is 1. The van der Waals surface area contributed by atoms with E-state index >= 15 is 0 Å². The van der Waals surface area contributed by atoms with Gasteiger partial charge in [-0.05, 0) is 36.5 Å². The van der Waals surface area contributed by atoms with Crippen LogP contribution in [0.25, 0.3) is 0 Å². The van der Waals surface area contributed by atoms with E-state index in [2.05, 4.69) is 28.2 Å². The van der Waals surface area contributed by atoms with Crippen LogP contribution in [0.1, 0.15) is 43.0 Å². The molecule has 1 aliphatic carbocycles. The molecule has 1 aromatic rings. The molecule has 0 aromatic heterocycles. The molecule has 0 unspecified atom stereocenters. The molecule has 3 heteroatoms. The molecular formula is C14H18BrNO. The van der Waals surface area contributed by atoms with Crippen LogP contribution in [0.2, 0.25) is 0 Å². The highest BCUT2D eigenvalue weighted by Crippen LogP contribution is 2.36. The topological polar surface area (TPSA) is 29.1 Å². The zero-order valence-corrected chi connectivity index (χ0v) is 11.7. The van der Waals surface area contributed by atoms with Crippen molar-refractivity contribution in [2.45, 2.75) is 32.6 Å². The summed E-state index contributed by atoms with van der Waals surface area (Å²) < 4.78 is 0.942. The lowest BCUT2D eigenvalue weighted by atomic mass is 9.89. The average Bonchev–Trinajstić information content (AvgIpc) is 2.74. The van der Waals surface area contributed by atoms with E-state index in [1.54, 1.807) is 0 Å². The van der Waals surface area contributed by atoms with Crippen molar-refractivity contribution in [2.24, 2.45) is 5.41 Å². The number of benzene rings is 1. The first kappa shape index (κ1) is 12.6. The van der Waals surface area contributed by atoms with Crippen molar-refractivity contribution in [1.82, 2.24) is 5.32 Å². The molecule has 0 bridgehead atoms. The Labute approximate surface area is 111 Å². The third-order valence-corrected chi connectivity index (χ3v) is 4.07. The first-order valence-corrected chi connectivity index (χ1v) is 6.92. The Kier molecular flexibility index (Phi) is 3.87. The van der Waals surface area contributed by atoms with Crippen LogP contribution in [0.3, 0.4) is 0 Å². The predicted molar refractivity (Wildman–Crippen MR) is 73.1 cm³/mol. The molecule has 0 saturated heterocycles. The summed E-state index contributed by atoms with van der Waals surface area (Å²) in [7, 11) is 0. The summed E-state index contributed by atoms with van der Waals surface area (Å²) in [5.41, 5.74) is 1.03. The zero-order chi connectivity index (χ0) is 12.3. The number of amides is 1. The molecule has 0 radical (unpaired) electrons. The molecule has 2 rings (SSSR count). The minimum absolute atomic E-state index is 0.0272. The van der Waals surface area contributed by atoms with Gasteiger partial charge in [0.15, 0.2) is 0 Å². The summed E-state index contributed by atoms with van der Waals surface area (Å²) in [5.74, 6) is 0.0272. The van der Waals surface area contributed by atoms with Crippen LogP contribution in [-0.4, -0.2) is 12.5 Å². The summed E-state index contributed by atoms with van der Waals surface area (Å²) in [4.78, 5) is 12.0. The average molecular weight is 296 g/mol. The first-order chi connectivity index (χ1) is 8.09. The molecule has 92 valence electrons. The molecule has 1 aromatic carbocycles. The van der Waals surface area contributed by atoms with E-state index in [0.717, 1.165) is 16.6 Å². The Bertz CT molecular complexity index is 410. The molecule has 1 aliphatic rings. The molecule has 0 spiro atoms. The number of rotatable bonds is 3. The van der Waals surface area contributed by atoms with Crippen molar-refractivity contribution >= 4 is 21.8 Å². The maximum atomic E-state index is 12.0. The third kappa shape index (κ3) is 3.32. The van der Waals surface area contributed by atoms with Crippen LogP contribution in [0, 0.1) is 5.41 Å². The summed E-state index contributed by atoms with van der Waals surface area (Å²) in [6.07, 6.45) is 5.05. The molecule has 1 fully saturated rings. The minimum atomic E-state index is 0.0272. The van der Waals surface area contributed by atoms with Crippen LogP contribution in [0.4, 0.5) is 0 Å². The summed E-state index contributed by atoms with van der Waals surface area (Å²) in [6.45, 7) is 3.06. The fraction of sp³-hybridized carbons (Fsp3) is 0.500.